The van der Waals surface area contributed by atoms with Crippen LogP contribution in [0.4, 0.5) is 18.9 Å². The van der Waals surface area contributed by atoms with E-state index in [4.69, 9.17) is 17.7 Å². The van der Waals surface area contributed by atoms with E-state index in [1.54, 1.807) is 7.11 Å². The average molecular weight is 444 g/mol. The van der Waals surface area contributed by atoms with E-state index in [1.165, 1.54) is 17.1 Å². The van der Waals surface area contributed by atoms with Crippen LogP contribution in [0.1, 0.15) is 18.5 Å². The Kier molecular flexibility index (Phi) is 7.14. The van der Waals surface area contributed by atoms with Gasteiger partial charge in [0.2, 0.25) is 0 Å². The Balaban J connectivity index is 0.000000343. The van der Waals surface area contributed by atoms with Crippen molar-refractivity contribution in [3.8, 4) is 5.75 Å². The second kappa shape index (κ2) is 9.05. The van der Waals surface area contributed by atoms with Crippen molar-refractivity contribution in [2.75, 3.05) is 26.1 Å². The van der Waals surface area contributed by atoms with E-state index in [2.05, 4.69) is 73.0 Å². The Morgan fingerprint density at radius 3 is 1.93 bits per heavy atom. The third-order valence-electron chi connectivity index (χ3n) is 4.64. The van der Waals surface area contributed by atoms with Crippen molar-refractivity contribution in [3.05, 3.63) is 60.2 Å². The van der Waals surface area contributed by atoms with Gasteiger partial charge < -0.3 is 9.29 Å². The Hall–Kier alpha value is -2.59. The standard InChI is InChI=1S/C19H23N2O.CHF3O3S/c1-14-18(15-8-6-5-7-9-15)21(19(14)20(2)3)16-10-12-17(22-4)13-11-16;2-1(3,4)8(5,6)7/h5-14,18H,1-4H3;(H,5,6,7)/q+1;/p-1/t14-,18-;/m0./s1. The Morgan fingerprint density at radius 1 is 1.03 bits per heavy atom. The molecular weight excluding hydrogens is 421 g/mol. The summed E-state index contributed by atoms with van der Waals surface area (Å²) in [5, 5.41) is 0. The molecule has 0 N–H and O–H groups in total. The van der Waals surface area contributed by atoms with E-state index < -0.39 is 15.6 Å². The van der Waals surface area contributed by atoms with Crippen LogP contribution in [-0.2, 0) is 10.1 Å². The van der Waals surface area contributed by atoms with Crippen LogP contribution in [-0.4, -0.2) is 50.1 Å². The van der Waals surface area contributed by atoms with Gasteiger partial charge in [-0.2, -0.15) is 13.2 Å². The molecule has 0 aliphatic carbocycles. The molecule has 3 rings (SSSR count). The molecule has 0 aromatic heterocycles. The second-order valence-electron chi connectivity index (χ2n) is 6.86. The molecule has 1 fully saturated rings. The SMILES string of the molecule is COc1ccc(N2C(=[N+](C)C)[C@@H](C)[C@H]2c2ccccc2)cc1.O=S(=O)([O-])C(F)(F)F. The Labute approximate surface area is 174 Å². The molecule has 0 unspecified atom stereocenters. The van der Waals surface area contributed by atoms with Crippen molar-refractivity contribution < 1.29 is 35.5 Å². The third kappa shape index (κ3) is 5.11. The van der Waals surface area contributed by atoms with Crippen LogP contribution in [0.15, 0.2) is 54.6 Å². The highest BCUT2D eigenvalue weighted by atomic mass is 32.2. The first kappa shape index (κ1) is 23.7. The smallest absolute Gasteiger partial charge is 0.485 e. The molecule has 0 bridgehead atoms. The topological polar surface area (TPSA) is 72.7 Å². The molecule has 2 atom stereocenters. The zero-order valence-corrected chi connectivity index (χ0v) is 17.7. The van der Waals surface area contributed by atoms with Crippen molar-refractivity contribution in [1.29, 1.82) is 0 Å². The van der Waals surface area contributed by atoms with E-state index in [9.17, 15) is 13.2 Å². The first-order chi connectivity index (χ1) is 13.9. The minimum atomic E-state index is -6.09. The lowest BCUT2D eigenvalue weighted by Gasteiger charge is -2.42. The van der Waals surface area contributed by atoms with Gasteiger partial charge in [0, 0.05) is 0 Å². The van der Waals surface area contributed by atoms with Crippen molar-refractivity contribution in [2.45, 2.75) is 18.5 Å². The molecule has 164 valence electrons. The van der Waals surface area contributed by atoms with Gasteiger partial charge in [0.25, 0.3) is 5.84 Å². The van der Waals surface area contributed by atoms with Crippen LogP contribution in [0.5, 0.6) is 5.75 Å². The second-order valence-corrected chi connectivity index (χ2v) is 8.24. The quantitative estimate of drug-likeness (QED) is 0.411. The van der Waals surface area contributed by atoms with Gasteiger partial charge in [-0.1, -0.05) is 30.3 Å². The maximum absolute atomic E-state index is 10.7. The lowest BCUT2D eigenvalue weighted by atomic mass is 9.82. The molecule has 2 aromatic carbocycles. The number of halogens is 3. The molecule has 0 radical (unpaired) electrons. The summed E-state index contributed by atoms with van der Waals surface area (Å²) >= 11 is 0. The number of rotatable bonds is 3. The van der Waals surface area contributed by atoms with Gasteiger partial charge in [-0.05, 0) is 36.8 Å². The number of alkyl halides is 3. The number of benzene rings is 2. The molecule has 2 aromatic rings. The minimum Gasteiger partial charge on any atom is -0.741 e. The predicted octanol–water partition coefficient (Wildman–Crippen LogP) is 3.61. The maximum atomic E-state index is 10.7. The van der Waals surface area contributed by atoms with Gasteiger partial charge in [0.1, 0.15) is 23.4 Å². The first-order valence-electron chi connectivity index (χ1n) is 8.93. The molecule has 0 amide bonds. The molecule has 30 heavy (non-hydrogen) atoms. The van der Waals surface area contributed by atoms with Gasteiger partial charge in [-0.15, -0.1) is 0 Å². The number of hydrogen-bond acceptors (Lipinski definition) is 4. The van der Waals surface area contributed by atoms with Crippen molar-refractivity contribution >= 4 is 21.6 Å². The van der Waals surface area contributed by atoms with Crippen LogP contribution in [0, 0.1) is 5.92 Å². The van der Waals surface area contributed by atoms with Gasteiger partial charge in [-0.3, -0.25) is 4.58 Å². The van der Waals surface area contributed by atoms with E-state index in [0.29, 0.717) is 12.0 Å². The summed E-state index contributed by atoms with van der Waals surface area (Å²) in [4.78, 5) is 2.42. The van der Waals surface area contributed by atoms with Crippen LogP contribution in [0.2, 0.25) is 0 Å². The fourth-order valence-corrected chi connectivity index (χ4v) is 3.39. The van der Waals surface area contributed by atoms with Crippen molar-refractivity contribution in [1.82, 2.24) is 0 Å². The third-order valence-corrected chi connectivity index (χ3v) is 5.21. The van der Waals surface area contributed by atoms with E-state index in [0.717, 1.165) is 5.75 Å². The lowest BCUT2D eigenvalue weighted by molar-refractivity contribution is -0.470. The highest BCUT2D eigenvalue weighted by Gasteiger charge is 2.52. The largest absolute Gasteiger partial charge is 0.741 e. The normalized spacial score (nSPS) is 18.8. The number of nitrogens with zero attached hydrogens (tertiary/aromatic N) is 2. The zero-order valence-electron chi connectivity index (χ0n) is 16.9. The summed E-state index contributed by atoms with van der Waals surface area (Å²) in [5.41, 5.74) is -3.08. The van der Waals surface area contributed by atoms with Crippen LogP contribution < -0.4 is 9.64 Å². The summed E-state index contributed by atoms with van der Waals surface area (Å²) in [7, 11) is -0.162. The first-order valence-corrected chi connectivity index (χ1v) is 10.3. The van der Waals surface area contributed by atoms with Crippen LogP contribution in [0.3, 0.4) is 0 Å². The molecule has 1 aliphatic heterocycles. The van der Waals surface area contributed by atoms with E-state index >= 15 is 0 Å². The number of methoxy groups -OCH3 is 1. The van der Waals surface area contributed by atoms with E-state index in [1.807, 2.05) is 12.1 Å². The summed E-state index contributed by atoms with van der Waals surface area (Å²) < 4.78 is 66.4. The molecule has 1 aliphatic rings. The molecule has 1 saturated heterocycles. The molecule has 10 heteroatoms. The lowest BCUT2D eigenvalue weighted by Crippen LogP contribution is -2.57. The molecular formula is C20H23F3N2O4S. The summed E-state index contributed by atoms with van der Waals surface area (Å²) in [5.74, 6) is 2.73. The highest BCUT2D eigenvalue weighted by Crippen LogP contribution is 2.43. The molecule has 6 nitrogen and oxygen atoms in total. The zero-order chi connectivity index (χ0) is 22.7. The fourth-order valence-electron chi connectivity index (χ4n) is 3.39. The number of anilines is 1. The van der Waals surface area contributed by atoms with Gasteiger partial charge in [-0.25, -0.2) is 13.3 Å². The Morgan fingerprint density at radius 2 is 1.53 bits per heavy atom. The number of hydrogen-bond donors (Lipinski definition) is 0. The minimum absolute atomic E-state index is 0.381. The van der Waals surface area contributed by atoms with E-state index in [-0.39, 0.29) is 0 Å². The average Bonchev–Trinajstić information content (AvgIpc) is 2.65. The fraction of sp³-hybridized carbons (Fsp3) is 0.350. The Bertz CT molecular complexity index is 987. The summed E-state index contributed by atoms with van der Waals surface area (Å²) in [6.45, 7) is 2.30. The van der Waals surface area contributed by atoms with Gasteiger partial charge in [0.15, 0.2) is 10.1 Å². The number of ether oxygens (including phenoxy) is 1. The van der Waals surface area contributed by atoms with Crippen LogP contribution >= 0.6 is 0 Å². The molecule has 1 heterocycles. The van der Waals surface area contributed by atoms with Crippen LogP contribution in [0.25, 0.3) is 0 Å². The monoisotopic (exact) mass is 444 g/mol. The maximum Gasteiger partial charge on any atom is 0.485 e. The highest BCUT2D eigenvalue weighted by molar-refractivity contribution is 7.86. The van der Waals surface area contributed by atoms with Gasteiger partial charge >= 0.3 is 5.51 Å². The molecule has 0 spiro atoms. The van der Waals surface area contributed by atoms with Crippen molar-refractivity contribution in [2.24, 2.45) is 5.92 Å². The molecule has 0 saturated carbocycles. The van der Waals surface area contributed by atoms with Crippen molar-refractivity contribution in [3.63, 3.8) is 0 Å². The number of amidine groups is 1. The predicted molar refractivity (Wildman–Crippen MR) is 107 cm³/mol. The summed E-state index contributed by atoms with van der Waals surface area (Å²) in [6.07, 6.45) is 0. The summed E-state index contributed by atoms with van der Waals surface area (Å²) in [6, 6.07) is 19.4. The van der Waals surface area contributed by atoms with Gasteiger partial charge in [0.05, 0.1) is 21.2 Å².